The minimum absolute atomic E-state index is 0.0308. The highest BCUT2D eigenvalue weighted by Gasteiger charge is 2.31. The normalized spacial score (nSPS) is 15.0. The van der Waals surface area contributed by atoms with E-state index >= 15 is 0 Å². The van der Waals surface area contributed by atoms with Gasteiger partial charge in [-0.05, 0) is 41.8 Å². The van der Waals surface area contributed by atoms with Crippen LogP contribution < -0.4 is 4.90 Å². The van der Waals surface area contributed by atoms with Crippen molar-refractivity contribution in [3.63, 3.8) is 0 Å². The molecule has 5 heteroatoms. The molecule has 0 bridgehead atoms. The van der Waals surface area contributed by atoms with E-state index in [-0.39, 0.29) is 6.61 Å². The van der Waals surface area contributed by atoms with Crippen LogP contribution in [0.5, 0.6) is 0 Å². The number of hydrogen-bond donors (Lipinski definition) is 1. The maximum absolute atomic E-state index is 9.33. The van der Waals surface area contributed by atoms with Crippen molar-refractivity contribution in [2.75, 3.05) is 18.0 Å². The topological polar surface area (TPSA) is 23.5 Å². The summed E-state index contributed by atoms with van der Waals surface area (Å²) < 4.78 is 0. The molecule has 0 radical (unpaired) electrons. The van der Waals surface area contributed by atoms with E-state index in [4.69, 9.17) is 34.8 Å². The molecule has 0 atom stereocenters. The molecule has 0 aromatic heterocycles. The molecule has 0 saturated carbocycles. The summed E-state index contributed by atoms with van der Waals surface area (Å²) in [6, 6.07) is 9.62. The van der Waals surface area contributed by atoms with Gasteiger partial charge in [-0.3, -0.25) is 0 Å². The van der Waals surface area contributed by atoms with E-state index in [0.717, 1.165) is 29.9 Å². The molecule has 1 aliphatic heterocycles. The average Bonchev–Trinajstić information content (AvgIpc) is 2.40. The number of aliphatic hydroxyl groups is 1. The predicted octanol–water partition coefficient (Wildman–Crippen LogP) is 5.05. The monoisotopic (exact) mass is 355 g/mol. The van der Waals surface area contributed by atoms with E-state index in [1.165, 1.54) is 5.56 Å². The van der Waals surface area contributed by atoms with Gasteiger partial charge in [-0.2, -0.15) is 0 Å². The number of para-hydroxylation sites is 1. The smallest absolute Gasteiger partial charge is 0.0745 e. The Bertz CT molecular complexity index is 668. The third-order valence-electron chi connectivity index (χ3n) is 4.21. The molecule has 0 spiro atoms. The van der Waals surface area contributed by atoms with Gasteiger partial charge < -0.3 is 10.0 Å². The molecule has 22 heavy (non-hydrogen) atoms. The minimum Gasteiger partial charge on any atom is -0.392 e. The first kappa shape index (κ1) is 15.9. The van der Waals surface area contributed by atoms with Crippen molar-refractivity contribution in [2.45, 2.75) is 19.4 Å². The van der Waals surface area contributed by atoms with Crippen LogP contribution in [0.15, 0.2) is 30.3 Å². The Hall–Kier alpha value is -0.930. The van der Waals surface area contributed by atoms with Crippen LogP contribution in [0.25, 0.3) is 0 Å². The summed E-state index contributed by atoms with van der Waals surface area (Å²) in [5, 5.41) is 11.3. The first-order chi connectivity index (χ1) is 10.5. The predicted molar refractivity (Wildman–Crippen MR) is 93.5 cm³/mol. The molecule has 1 fully saturated rings. The van der Waals surface area contributed by atoms with Crippen molar-refractivity contribution in [1.82, 2.24) is 0 Å². The first-order valence-corrected chi connectivity index (χ1v) is 8.23. The molecule has 1 aliphatic rings. The average molecular weight is 357 g/mol. The minimum atomic E-state index is -0.0308. The second-order valence-corrected chi connectivity index (χ2v) is 6.85. The fourth-order valence-electron chi connectivity index (χ4n) is 2.90. The lowest BCUT2D eigenvalue weighted by Crippen LogP contribution is -2.45. The van der Waals surface area contributed by atoms with Crippen molar-refractivity contribution < 1.29 is 5.11 Å². The Labute approximate surface area is 145 Å². The largest absolute Gasteiger partial charge is 0.392 e. The van der Waals surface area contributed by atoms with Crippen LogP contribution in [0, 0.1) is 6.92 Å². The van der Waals surface area contributed by atoms with Crippen LogP contribution in [0.4, 0.5) is 5.69 Å². The van der Waals surface area contributed by atoms with Gasteiger partial charge in [0.25, 0.3) is 0 Å². The van der Waals surface area contributed by atoms with Crippen LogP contribution >= 0.6 is 34.8 Å². The fraction of sp³-hybridized carbons (Fsp3) is 0.294. The molecule has 0 aliphatic carbocycles. The third kappa shape index (κ3) is 2.81. The molecule has 1 heterocycles. The number of anilines is 1. The summed E-state index contributed by atoms with van der Waals surface area (Å²) in [7, 11) is 0. The van der Waals surface area contributed by atoms with Crippen LogP contribution in [0.2, 0.25) is 15.1 Å². The van der Waals surface area contributed by atoms with Crippen LogP contribution in [-0.4, -0.2) is 18.2 Å². The maximum Gasteiger partial charge on any atom is 0.0745 e. The summed E-state index contributed by atoms with van der Waals surface area (Å²) in [5.41, 5.74) is 3.92. The molecule has 116 valence electrons. The molecule has 2 aromatic rings. The van der Waals surface area contributed by atoms with E-state index in [2.05, 4.69) is 11.0 Å². The van der Waals surface area contributed by atoms with Crippen molar-refractivity contribution in [2.24, 2.45) is 0 Å². The molecule has 1 saturated heterocycles. The molecular weight excluding hydrogens is 341 g/mol. The summed E-state index contributed by atoms with van der Waals surface area (Å²) >= 11 is 18.7. The lowest BCUT2D eigenvalue weighted by molar-refractivity contribution is 0.281. The second kappa shape index (κ2) is 6.29. The van der Waals surface area contributed by atoms with E-state index < -0.39 is 0 Å². The lowest BCUT2D eigenvalue weighted by atomic mass is 9.89. The summed E-state index contributed by atoms with van der Waals surface area (Å²) in [5.74, 6) is 0.399. The zero-order valence-corrected chi connectivity index (χ0v) is 14.4. The van der Waals surface area contributed by atoms with E-state index in [1.807, 2.05) is 31.2 Å². The van der Waals surface area contributed by atoms with Crippen molar-refractivity contribution in [3.8, 4) is 0 Å². The van der Waals surface area contributed by atoms with Gasteiger partial charge in [-0.15, -0.1) is 0 Å². The van der Waals surface area contributed by atoms with Crippen molar-refractivity contribution >= 4 is 40.5 Å². The molecule has 0 amide bonds. The van der Waals surface area contributed by atoms with Crippen molar-refractivity contribution in [1.29, 1.82) is 0 Å². The van der Waals surface area contributed by atoms with Gasteiger partial charge in [0, 0.05) is 24.0 Å². The van der Waals surface area contributed by atoms with Crippen LogP contribution in [0.1, 0.15) is 22.6 Å². The molecule has 0 unspecified atom stereocenters. The SMILES string of the molecule is Cc1cc(C2CN(c3c(Cl)cccc3Cl)C2)cc(Cl)c1CO. The van der Waals surface area contributed by atoms with E-state index in [9.17, 15) is 5.11 Å². The number of aryl methyl sites for hydroxylation is 1. The quantitative estimate of drug-likeness (QED) is 0.831. The zero-order valence-electron chi connectivity index (χ0n) is 12.1. The van der Waals surface area contributed by atoms with E-state index in [1.54, 1.807) is 0 Å². The van der Waals surface area contributed by atoms with Gasteiger partial charge in [0.2, 0.25) is 0 Å². The highest BCUT2D eigenvalue weighted by Crippen LogP contribution is 2.40. The molecule has 1 N–H and O–H groups in total. The second-order valence-electron chi connectivity index (χ2n) is 5.63. The Kier molecular flexibility index (Phi) is 4.56. The van der Waals surface area contributed by atoms with Gasteiger partial charge in [-0.1, -0.05) is 46.9 Å². The highest BCUT2D eigenvalue weighted by molar-refractivity contribution is 6.39. The van der Waals surface area contributed by atoms with E-state index in [0.29, 0.717) is 21.0 Å². The van der Waals surface area contributed by atoms with Crippen LogP contribution in [-0.2, 0) is 6.61 Å². The summed E-state index contributed by atoms with van der Waals surface area (Å²) in [6.45, 7) is 3.66. The van der Waals surface area contributed by atoms with Gasteiger partial charge in [0.1, 0.15) is 0 Å². The number of rotatable bonds is 3. The molecular formula is C17H16Cl3NO. The van der Waals surface area contributed by atoms with Gasteiger partial charge in [0.05, 0.1) is 22.3 Å². The molecule has 2 aromatic carbocycles. The summed E-state index contributed by atoms with van der Waals surface area (Å²) in [4.78, 5) is 2.18. The first-order valence-electron chi connectivity index (χ1n) is 7.10. The fourth-order valence-corrected chi connectivity index (χ4v) is 3.87. The Morgan fingerprint density at radius 3 is 2.27 bits per heavy atom. The highest BCUT2D eigenvalue weighted by atomic mass is 35.5. The number of aliphatic hydroxyl groups excluding tert-OH is 1. The Balaban J connectivity index is 1.79. The Morgan fingerprint density at radius 1 is 1.09 bits per heavy atom. The van der Waals surface area contributed by atoms with Gasteiger partial charge >= 0.3 is 0 Å². The van der Waals surface area contributed by atoms with Crippen molar-refractivity contribution in [3.05, 3.63) is 62.1 Å². The third-order valence-corrected chi connectivity index (χ3v) is 5.15. The standard InChI is InChI=1S/C17H16Cl3NO/c1-10-5-11(6-16(20)13(10)9-22)12-7-21(8-12)17-14(18)3-2-4-15(17)19/h2-6,12,22H,7-9H2,1H3. The number of halogens is 3. The van der Waals surface area contributed by atoms with Crippen LogP contribution in [0.3, 0.4) is 0 Å². The maximum atomic E-state index is 9.33. The molecule has 3 rings (SSSR count). The molecule has 2 nitrogen and oxygen atoms in total. The zero-order chi connectivity index (χ0) is 15.9. The van der Waals surface area contributed by atoms with Gasteiger partial charge in [0.15, 0.2) is 0 Å². The van der Waals surface area contributed by atoms with Gasteiger partial charge in [-0.25, -0.2) is 0 Å². The lowest BCUT2D eigenvalue weighted by Gasteiger charge is -2.42. The number of nitrogens with zero attached hydrogens (tertiary/aromatic N) is 1. The Morgan fingerprint density at radius 2 is 1.73 bits per heavy atom. The number of benzene rings is 2. The summed E-state index contributed by atoms with van der Waals surface area (Å²) in [6.07, 6.45) is 0. The number of hydrogen-bond acceptors (Lipinski definition) is 2.